The van der Waals surface area contributed by atoms with Gasteiger partial charge in [0, 0.05) is 19.1 Å². The Labute approximate surface area is 171 Å². The summed E-state index contributed by atoms with van der Waals surface area (Å²) < 4.78 is 5.94. The van der Waals surface area contributed by atoms with Crippen LogP contribution in [0.5, 0.6) is 5.75 Å². The summed E-state index contributed by atoms with van der Waals surface area (Å²) in [5, 5.41) is 12.1. The van der Waals surface area contributed by atoms with Gasteiger partial charge in [-0.1, -0.05) is 18.2 Å². The molecule has 0 bridgehead atoms. The Kier molecular flexibility index (Phi) is 5.08. The summed E-state index contributed by atoms with van der Waals surface area (Å²) in [5.41, 5.74) is 3.73. The van der Waals surface area contributed by atoms with E-state index in [1.54, 1.807) is 0 Å². The van der Waals surface area contributed by atoms with Crippen molar-refractivity contribution < 1.29 is 9.53 Å². The summed E-state index contributed by atoms with van der Waals surface area (Å²) in [6.07, 6.45) is 7.76. The third-order valence-corrected chi connectivity index (χ3v) is 6.43. The Hall–Kier alpha value is -2.63. The number of carbonyl (C=O) groups excluding carboxylic acids is 1. The van der Waals surface area contributed by atoms with Crippen LogP contribution in [0.1, 0.15) is 48.9 Å². The Bertz CT molecular complexity index is 892. The summed E-state index contributed by atoms with van der Waals surface area (Å²) in [7, 11) is 0. The standard InChI is InChI=1S/C23H28N4O2/c28-23(21-10-9-16-5-2-4-8-20(16)29-21)24-18-11-13-27(14-12-18)22-15-17-6-1-3-7-19(17)25-26-22/h2,4-5,8,15,18,21H,1,3,6-7,9-14H2,(H,24,28). The van der Waals surface area contributed by atoms with Crippen molar-refractivity contribution in [2.75, 3.05) is 18.0 Å². The van der Waals surface area contributed by atoms with Gasteiger partial charge in [0.05, 0.1) is 5.69 Å². The molecule has 152 valence electrons. The number of aromatic nitrogens is 2. The molecule has 1 amide bonds. The SMILES string of the molecule is O=C(NC1CCN(c2cc3c(nn2)CCCC3)CC1)C1CCc2ccccc2O1. The maximum Gasteiger partial charge on any atom is 0.261 e. The largest absolute Gasteiger partial charge is 0.480 e. The number of nitrogens with zero attached hydrogens (tertiary/aromatic N) is 3. The van der Waals surface area contributed by atoms with Crippen molar-refractivity contribution in [2.24, 2.45) is 0 Å². The molecular weight excluding hydrogens is 364 g/mol. The predicted octanol–water partition coefficient (Wildman–Crippen LogP) is 2.83. The van der Waals surface area contributed by atoms with Crippen molar-refractivity contribution in [3.05, 3.63) is 47.2 Å². The van der Waals surface area contributed by atoms with Gasteiger partial charge >= 0.3 is 0 Å². The molecule has 3 aliphatic rings. The maximum absolute atomic E-state index is 12.7. The Morgan fingerprint density at radius 3 is 2.72 bits per heavy atom. The van der Waals surface area contributed by atoms with E-state index >= 15 is 0 Å². The van der Waals surface area contributed by atoms with Crippen LogP contribution < -0.4 is 15.0 Å². The molecule has 1 aromatic carbocycles. The second kappa shape index (κ2) is 8.01. The number of benzene rings is 1. The summed E-state index contributed by atoms with van der Waals surface area (Å²) >= 11 is 0. The quantitative estimate of drug-likeness (QED) is 0.870. The van der Waals surface area contributed by atoms with Crippen molar-refractivity contribution in [1.82, 2.24) is 15.5 Å². The molecular formula is C23H28N4O2. The number of piperidine rings is 1. The van der Waals surface area contributed by atoms with Gasteiger partial charge in [-0.3, -0.25) is 4.79 Å². The molecule has 0 saturated carbocycles. The third-order valence-electron chi connectivity index (χ3n) is 6.43. The van der Waals surface area contributed by atoms with E-state index in [2.05, 4.69) is 32.5 Å². The minimum absolute atomic E-state index is 0.0199. The van der Waals surface area contributed by atoms with Gasteiger partial charge in [0.15, 0.2) is 11.9 Å². The molecule has 1 saturated heterocycles. The van der Waals surface area contributed by atoms with E-state index in [1.165, 1.54) is 29.7 Å². The summed E-state index contributed by atoms with van der Waals surface area (Å²) in [6, 6.07) is 10.4. The van der Waals surface area contributed by atoms with Crippen LogP contribution in [-0.4, -0.2) is 41.3 Å². The van der Waals surface area contributed by atoms with Crippen molar-refractivity contribution >= 4 is 11.7 Å². The first-order valence-electron chi connectivity index (χ1n) is 10.9. The molecule has 2 aromatic rings. The van der Waals surface area contributed by atoms with Crippen LogP contribution in [0, 0.1) is 0 Å². The highest BCUT2D eigenvalue weighted by atomic mass is 16.5. The summed E-state index contributed by atoms with van der Waals surface area (Å²) in [5.74, 6) is 1.86. The van der Waals surface area contributed by atoms with Crippen LogP contribution in [0.15, 0.2) is 30.3 Å². The second-order valence-electron chi connectivity index (χ2n) is 8.40. The minimum atomic E-state index is -0.380. The monoisotopic (exact) mass is 392 g/mol. The van der Waals surface area contributed by atoms with Crippen molar-refractivity contribution in [1.29, 1.82) is 0 Å². The van der Waals surface area contributed by atoms with E-state index in [9.17, 15) is 4.79 Å². The molecule has 1 aliphatic carbocycles. The molecule has 0 spiro atoms. The Morgan fingerprint density at radius 1 is 1.00 bits per heavy atom. The molecule has 3 heterocycles. The summed E-state index contributed by atoms with van der Waals surface area (Å²) in [6.45, 7) is 1.79. The molecule has 1 N–H and O–H groups in total. The topological polar surface area (TPSA) is 67.4 Å². The number of carbonyl (C=O) groups is 1. The predicted molar refractivity (Wildman–Crippen MR) is 111 cm³/mol. The second-order valence-corrected chi connectivity index (χ2v) is 8.40. The highest BCUT2D eigenvalue weighted by Gasteiger charge is 2.29. The highest BCUT2D eigenvalue weighted by Crippen LogP contribution is 2.28. The maximum atomic E-state index is 12.7. The normalized spacial score (nSPS) is 21.7. The van der Waals surface area contributed by atoms with E-state index in [0.29, 0.717) is 0 Å². The highest BCUT2D eigenvalue weighted by molar-refractivity contribution is 5.81. The van der Waals surface area contributed by atoms with E-state index in [0.717, 1.165) is 63.2 Å². The lowest BCUT2D eigenvalue weighted by molar-refractivity contribution is -0.129. The number of hydrogen-bond donors (Lipinski definition) is 1. The van der Waals surface area contributed by atoms with E-state index < -0.39 is 0 Å². The molecule has 6 heteroatoms. The van der Waals surface area contributed by atoms with Crippen LogP contribution in [0.2, 0.25) is 0 Å². The molecule has 6 nitrogen and oxygen atoms in total. The minimum Gasteiger partial charge on any atom is -0.480 e. The number of ether oxygens (including phenoxy) is 1. The molecule has 1 fully saturated rings. The number of anilines is 1. The van der Waals surface area contributed by atoms with Gasteiger partial charge in [0.1, 0.15) is 5.75 Å². The first-order chi connectivity index (χ1) is 14.3. The van der Waals surface area contributed by atoms with Crippen molar-refractivity contribution in [2.45, 2.75) is 63.5 Å². The van der Waals surface area contributed by atoms with E-state index in [1.807, 2.05) is 18.2 Å². The molecule has 2 aliphatic heterocycles. The van der Waals surface area contributed by atoms with Gasteiger partial charge in [-0.05, 0) is 74.6 Å². The smallest absolute Gasteiger partial charge is 0.261 e. The first-order valence-corrected chi connectivity index (χ1v) is 10.9. The molecule has 5 rings (SSSR count). The lowest BCUT2D eigenvalue weighted by Crippen LogP contribution is -2.49. The van der Waals surface area contributed by atoms with Gasteiger partial charge < -0.3 is 15.0 Å². The van der Waals surface area contributed by atoms with Crippen LogP contribution >= 0.6 is 0 Å². The van der Waals surface area contributed by atoms with Gasteiger partial charge in [-0.25, -0.2) is 0 Å². The van der Waals surface area contributed by atoms with Crippen LogP contribution in [0.3, 0.4) is 0 Å². The number of amides is 1. The summed E-state index contributed by atoms with van der Waals surface area (Å²) in [4.78, 5) is 15.0. The van der Waals surface area contributed by atoms with Crippen LogP contribution in [0.25, 0.3) is 0 Å². The van der Waals surface area contributed by atoms with Crippen LogP contribution in [-0.2, 0) is 24.1 Å². The van der Waals surface area contributed by atoms with E-state index in [-0.39, 0.29) is 18.1 Å². The van der Waals surface area contributed by atoms with Crippen LogP contribution in [0.4, 0.5) is 5.82 Å². The van der Waals surface area contributed by atoms with Gasteiger partial charge in [-0.2, -0.15) is 5.10 Å². The fourth-order valence-electron chi connectivity index (χ4n) is 4.69. The number of fused-ring (bicyclic) bond motifs is 2. The number of hydrogen-bond acceptors (Lipinski definition) is 5. The average Bonchev–Trinajstić information content (AvgIpc) is 2.79. The Balaban J connectivity index is 1.15. The zero-order valence-electron chi connectivity index (χ0n) is 16.8. The van der Waals surface area contributed by atoms with Crippen molar-refractivity contribution in [3.63, 3.8) is 0 Å². The van der Waals surface area contributed by atoms with Gasteiger partial charge in [-0.15, -0.1) is 5.10 Å². The molecule has 1 atom stereocenters. The van der Waals surface area contributed by atoms with Gasteiger partial charge in [0.2, 0.25) is 0 Å². The zero-order valence-corrected chi connectivity index (χ0v) is 16.8. The lowest BCUT2D eigenvalue weighted by Gasteiger charge is -2.34. The number of rotatable bonds is 3. The number of nitrogens with one attached hydrogen (secondary N) is 1. The third kappa shape index (κ3) is 3.93. The number of aryl methyl sites for hydroxylation is 3. The van der Waals surface area contributed by atoms with Gasteiger partial charge in [0.25, 0.3) is 5.91 Å². The van der Waals surface area contributed by atoms with E-state index in [4.69, 9.17) is 4.74 Å². The fourth-order valence-corrected chi connectivity index (χ4v) is 4.69. The lowest BCUT2D eigenvalue weighted by atomic mass is 9.96. The number of para-hydroxylation sites is 1. The first kappa shape index (κ1) is 18.4. The fraction of sp³-hybridized carbons (Fsp3) is 0.522. The molecule has 1 aromatic heterocycles. The average molecular weight is 393 g/mol. The zero-order chi connectivity index (χ0) is 19.6. The molecule has 0 radical (unpaired) electrons. The molecule has 1 unspecified atom stereocenters. The Morgan fingerprint density at radius 2 is 1.83 bits per heavy atom. The van der Waals surface area contributed by atoms with Crippen molar-refractivity contribution in [3.8, 4) is 5.75 Å². The molecule has 29 heavy (non-hydrogen) atoms.